The summed E-state index contributed by atoms with van der Waals surface area (Å²) in [6.45, 7) is 5.18. The van der Waals surface area contributed by atoms with Crippen LogP contribution in [0, 0.1) is 0 Å². The van der Waals surface area contributed by atoms with Gasteiger partial charge in [0.2, 0.25) is 0 Å². The number of nitrogens with zero attached hydrogens (tertiary/aromatic N) is 2. The van der Waals surface area contributed by atoms with E-state index in [9.17, 15) is 4.79 Å². The van der Waals surface area contributed by atoms with Crippen LogP contribution in [0.1, 0.15) is 26.7 Å². The number of anilines is 2. The molecule has 0 aliphatic heterocycles. The van der Waals surface area contributed by atoms with Gasteiger partial charge in [0.05, 0.1) is 0 Å². The SMILES string of the molecule is CCCNc1cc(NCCC(C)=O)ncn1. The van der Waals surface area contributed by atoms with Crippen molar-refractivity contribution in [3.8, 4) is 0 Å². The molecule has 0 aliphatic carbocycles. The lowest BCUT2D eigenvalue weighted by atomic mass is 10.3. The van der Waals surface area contributed by atoms with E-state index < -0.39 is 0 Å². The van der Waals surface area contributed by atoms with Gasteiger partial charge < -0.3 is 10.6 Å². The summed E-state index contributed by atoms with van der Waals surface area (Å²) < 4.78 is 0. The number of carbonyl (C=O) groups is 1. The van der Waals surface area contributed by atoms with Crippen molar-refractivity contribution in [3.63, 3.8) is 0 Å². The number of Topliss-reactive ketones (excluding diaryl/α,β-unsaturated/α-hetero) is 1. The maximum atomic E-state index is 10.8. The summed E-state index contributed by atoms with van der Waals surface area (Å²) in [5.41, 5.74) is 0. The van der Waals surface area contributed by atoms with Gasteiger partial charge in [0.25, 0.3) is 0 Å². The second kappa shape index (κ2) is 6.76. The molecule has 0 aliphatic rings. The highest BCUT2D eigenvalue weighted by atomic mass is 16.1. The van der Waals surface area contributed by atoms with E-state index >= 15 is 0 Å². The molecule has 2 N–H and O–H groups in total. The van der Waals surface area contributed by atoms with E-state index in [4.69, 9.17) is 0 Å². The quantitative estimate of drug-likeness (QED) is 0.735. The molecule has 1 heterocycles. The van der Waals surface area contributed by atoms with E-state index in [-0.39, 0.29) is 5.78 Å². The lowest BCUT2D eigenvalue weighted by molar-refractivity contribution is -0.116. The third-order valence-electron chi connectivity index (χ3n) is 2.01. The first kappa shape index (κ1) is 12.4. The Morgan fingerprint density at radius 3 is 2.44 bits per heavy atom. The molecular weight excluding hydrogens is 204 g/mol. The number of hydrogen-bond acceptors (Lipinski definition) is 5. The third-order valence-corrected chi connectivity index (χ3v) is 2.01. The van der Waals surface area contributed by atoms with Gasteiger partial charge in [-0.3, -0.25) is 4.79 Å². The van der Waals surface area contributed by atoms with Crippen LogP contribution >= 0.6 is 0 Å². The second-order valence-corrected chi connectivity index (χ2v) is 3.59. The minimum Gasteiger partial charge on any atom is -0.370 e. The average Bonchev–Trinajstić information content (AvgIpc) is 2.26. The Bertz CT molecular complexity index is 341. The fourth-order valence-corrected chi connectivity index (χ4v) is 1.17. The van der Waals surface area contributed by atoms with E-state index in [1.807, 2.05) is 6.07 Å². The predicted octanol–water partition coefficient (Wildman–Crippen LogP) is 1.69. The van der Waals surface area contributed by atoms with Gasteiger partial charge in [-0.1, -0.05) is 6.92 Å². The van der Waals surface area contributed by atoms with Crippen LogP contribution in [0.25, 0.3) is 0 Å². The van der Waals surface area contributed by atoms with Gasteiger partial charge in [-0.05, 0) is 13.3 Å². The Balaban J connectivity index is 2.43. The molecule has 0 atom stereocenters. The topological polar surface area (TPSA) is 66.9 Å². The first-order valence-corrected chi connectivity index (χ1v) is 5.51. The molecule has 0 fully saturated rings. The Kier molecular flexibility index (Phi) is 5.25. The Morgan fingerprint density at radius 2 is 1.88 bits per heavy atom. The van der Waals surface area contributed by atoms with Gasteiger partial charge >= 0.3 is 0 Å². The van der Waals surface area contributed by atoms with Gasteiger partial charge in [0.15, 0.2) is 0 Å². The molecule has 0 aromatic carbocycles. The van der Waals surface area contributed by atoms with Crippen LogP contribution in [0.5, 0.6) is 0 Å². The molecular formula is C11H18N4O. The number of ketones is 1. The number of nitrogens with one attached hydrogen (secondary N) is 2. The first-order valence-electron chi connectivity index (χ1n) is 5.51. The minimum absolute atomic E-state index is 0.172. The van der Waals surface area contributed by atoms with Crippen LogP contribution in [0.2, 0.25) is 0 Å². The molecule has 88 valence electrons. The summed E-state index contributed by atoms with van der Waals surface area (Å²) in [5, 5.41) is 6.26. The van der Waals surface area contributed by atoms with Crippen molar-refractivity contribution in [3.05, 3.63) is 12.4 Å². The van der Waals surface area contributed by atoms with Crippen molar-refractivity contribution in [2.24, 2.45) is 0 Å². The van der Waals surface area contributed by atoms with Crippen LogP contribution < -0.4 is 10.6 Å². The summed E-state index contributed by atoms with van der Waals surface area (Å²) >= 11 is 0. The Morgan fingerprint density at radius 1 is 1.25 bits per heavy atom. The molecule has 0 amide bonds. The number of rotatable bonds is 7. The molecule has 1 aromatic rings. The van der Waals surface area contributed by atoms with Crippen LogP contribution in [0.4, 0.5) is 11.6 Å². The number of carbonyl (C=O) groups excluding carboxylic acids is 1. The highest BCUT2D eigenvalue weighted by Gasteiger charge is 1.98. The summed E-state index contributed by atoms with van der Waals surface area (Å²) in [4.78, 5) is 18.9. The van der Waals surface area contributed by atoms with Crippen molar-refractivity contribution in [2.75, 3.05) is 23.7 Å². The molecule has 0 bridgehead atoms. The van der Waals surface area contributed by atoms with Crippen LogP contribution in [0.15, 0.2) is 12.4 Å². The van der Waals surface area contributed by atoms with Crippen LogP contribution in [-0.4, -0.2) is 28.8 Å². The molecule has 1 rings (SSSR count). The maximum absolute atomic E-state index is 10.8. The standard InChI is InChI=1S/C11H18N4O/c1-3-5-12-10-7-11(15-8-14-10)13-6-4-9(2)16/h7-8H,3-6H2,1-2H3,(H2,12,13,14,15). The predicted molar refractivity (Wildman–Crippen MR) is 64.6 cm³/mol. The number of aromatic nitrogens is 2. The van der Waals surface area contributed by atoms with E-state index in [1.165, 1.54) is 6.33 Å². The first-order chi connectivity index (χ1) is 7.72. The van der Waals surface area contributed by atoms with Gasteiger partial charge in [0.1, 0.15) is 23.7 Å². The maximum Gasteiger partial charge on any atom is 0.131 e. The van der Waals surface area contributed by atoms with Gasteiger partial charge in [-0.15, -0.1) is 0 Å². The van der Waals surface area contributed by atoms with Gasteiger partial charge in [0, 0.05) is 25.6 Å². The smallest absolute Gasteiger partial charge is 0.131 e. The highest BCUT2D eigenvalue weighted by molar-refractivity contribution is 5.75. The minimum atomic E-state index is 0.172. The molecule has 0 saturated heterocycles. The molecule has 0 unspecified atom stereocenters. The average molecular weight is 222 g/mol. The fourth-order valence-electron chi connectivity index (χ4n) is 1.17. The van der Waals surface area contributed by atoms with E-state index in [1.54, 1.807) is 6.92 Å². The van der Waals surface area contributed by atoms with Crippen LogP contribution in [-0.2, 0) is 4.79 Å². The molecule has 0 saturated carbocycles. The number of hydrogen-bond donors (Lipinski definition) is 2. The normalized spacial score (nSPS) is 9.88. The summed E-state index contributed by atoms with van der Waals surface area (Å²) in [6, 6.07) is 1.84. The largest absolute Gasteiger partial charge is 0.370 e. The van der Waals surface area contributed by atoms with E-state index in [0.717, 1.165) is 24.6 Å². The summed E-state index contributed by atoms with van der Waals surface area (Å²) in [5.74, 6) is 1.72. The molecule has 1 aromatic heterocycles. The monoisotopic (exact) mass is 222 g/mol. The molecule has 16 heavy (non-hydrogen) atoms. The van der Waals surface area contributed by atoms with E-state index in [2.05, 4.69) is 27.5 Å². The third kappa shape index (κ3) is 4.72. The van der Waals surface area contributed by atoms with Crippen molar-refractivity contribution in [2.45, 2.75) is 26.7 Å². The second-order valence-electron chi connectivity index (χ2n) is 3.59. The van der Waals surface area contributed by atoms with Gasteiger partial charge in [-0.2, -0.15) is 0 Å². The van der Waals surface area contributed by atoms with Gasteiger partial charge in [-0.25, -0.2) is 9.97 Å². The molecule has 0 radical (unpaired) electrons. The molecule has 5 nitrogen and oxygen atoms in total. The zero-order chi connectivity index (χ0) is 11.8. The van der Waals surface area contributed by atoms with Crippen molar-refractivity contribution in [1.29, 1.82) is 0 Å². The summed E-state index contributed by atoms with van der Waals surface area (Å²) in [7, 11) is 0. The summed E-state index contributed by atoms with van der Waals surface area (Å²) in [6.07, 6.45) is 3.08. The molecule has 0 spiro atoms. The zero-order valence-electron chi connectivity index (χ0n) is 9.79. The fraction of sp³-hybridized carbons (Fsp3) is 0.545. The Labute approximate surface area is 95.7 Å². The van der Waals surface area contributed by atoms with Crippen molar-refractivity contribution in [1.82, 2.24) is 9.97 Å². The zero-order valence-corrected chi connectivity index (χ0v) is 9.79. The van der Waals surface area contributed by atoms with Crippen molar-refractivity contribution >= 4 is 17.4 Å². The highest BCUT2D eigenvalue weighted by Crippen LogP contribution is 2.08. The van der Waals surface area contributed by atoms with Crippen molar-refractivity contribution < 1.29 is 4.79 Å². The molecule has 5 heteroatoms. The van der Waals surface area contributed by atoms with Crippen LogP contribution in [0.3, 0.4) is 0 Å². The lowest BCUT2D eigenvalue weighted by Gasteiger charge is -2.06. The Hall–Kier alpha value is -1.65. The lowest BCUT2D eigenvalue weighted by Crippen LogP contribution is -2.08. The van der Waals surface area contributed by atoms with E-state index in [0.29, 0.717) is 13.0 Å².